The number of pyridine rings is 2. The van der Waals surface area contributed by atoms with Crippen LogP contribution in [0.25, 0.3) is 21.7 Å². The van der Waals surface area contributed by atoms with Crippen LogP contribution in [-0.4, -0.2) is 43.7 Å². The van der Waals surface area contributed by atoms with Gasteiger partial charge in [-0.15, -0.1) is 5.10 Å². The summed E-state index contributed by atoms with van der Waals surface area (Å²) in [5.74, 6) is 0. The zero-order chi connectivity index (χ0) is 34.6. The molecule has 1 saturated carbocycles. The number of rotatable bonds is 9. The molecule has 1 aliphatic rings. The van der Waals surface area contributed by atoms with E-state index in [0.29, 0.717) is 39.8 Å². The second kappa shape index (κ2) is 12.0. The second-order valence-corrected chi connectivity index (χ2v) is 13.5. The number of alkyl halides is 5. The van der Waals surface area contributed by atoms with E-state index in [9.17, 15) is 32.0 Å². The number of nitriles is 1. The normalized spacial score (nSPS) is 15.1. The van der Waals surface area contributed by atoms with E-state index in [4.69, 9.17) is 11.6 Å². The quantitative estimate of drug-likeness (QED) is 0.153. The fraction of sp³-hybridized carbons (Fsp3) is 0.364. The van der Waals surface area contributed by atoms with Gasteiger partial charge in [0.15, 0.2) is 5.54 Å². The molecular formula is C33H30ClF5N8O. The molecule has 48 heavy (non-hydrogen) atoms. The molecular weight excluding hydrogens is 655 g/mol. The highest BCUT2D eigenvalue weighted by molar-refractivity contribution is 6.35. The van der Waals surface area contributed by atoms with Crippen LogP contribution in [0.5, 0.6) is 0 Å². The predicted octanol–water partition coefficient (Wildman–Crippen LogP) is 7.64. The van der Waals surface area contributed by atoms with E-state index in [1.807, 2.05) is 20.8 Å². The maximum atomic E-state index is 14.0. The Morgan fingerprint density at radius 2 is 1.85 bits per heavy atom. The summed E-state index contributed by atoms with van der Waals surface area (Å²) in [4.78, 5) is 17.6. The lowest BCUT2D eigenvalue weighted by Gasteiger charge is -2.23. The third kappa shape index (κ3) is 6.14. The summed E-state index contributed by atoms with van der Waals surface area (Å²) in [6.07, 6.45) is -3.69. The van der Waals surface area contributed by atoms with Crippen molar-refractivity contribution in [1.29, 1.82) is 5.26 Å². The number of hydrogen-bond acceptors (Lipinski definition) is 7. The molecule has 0 aliphatic heterocycles. The van der Waals surface area contributed by atoms with Gasteiger partial charge in [0.25, 0.3) is 12.0 Å². The monoisotopic (exact) mass is 684 g/mol. The lowest BCUT2D eigenvalue weighted by Crippen LogP contribution is -2.35. The van der Waals surface area contributed by atoms with Crippen molar-refractivity contribution in [1.82, 2.24) is 24.5 Å². The van der Waals surface area contributed by atoms with Crippen LogP contribution < -0.4 is 16.2 Å². The number of nitrogens with zero attached hydrogens (tertiary/aromatic N) is 6. The summed E-state index contributed by atoms with van der Waals surface area (Å²) >= 11 is 6.72. The fourth-order valence-electron chi connectivity index (χ4n) is 5.72. The summed E-state index contributed by atoms with van der Waals surface area (Å²) in [6, 6.07) is 10.7. The van der Waals surface area contributed by atoms with Crippen molar-refractivity contribution in [3.63, 3.8) is 0 Å². The number of nitrogens with one attached hydrogen (secondary N) is 2. The standard InChI is InChI=1S/C33H30ClF5N8O/c1-31(2,3)17-42-27-18(13-40)14-41-28-23(27)11-19(12-24(28)34)43-29(25-15-47(45-44-25)32(8-9-32)33(37,38)39)21-5-4-6-22-20(21)7-10-46(30(22)48)16-26(35)36/h4-7,10-12,14-15,26,29,43H,8-9,16-17H2,1-3H3,(H,41,42). The first kappa shape index (κ1) is 33.1. The lowest BCUT2D eigenvalue weighted by atomic mass is 9.96. The van der Waals surface area contributed by atoms with Gasteiger partial charge in [-0.3, -0.25) is 9.78 Å². The van der Waals surface area contributed by atoms with E-state index in [1.165, 1.54) is 30.7 Å². The molecule has 1 unspecified atom stereocenters. The van der Waals surface area contributed by atoms with E-state index in [0.717, 1.165) is 9.25 Å². The lowest BCUT2D eigenvalue weighted by molar-refractivity contribution is -0.182. The van der Waals surface area contributed by atoms with Crippen LogP contribution in [0, 0.1) is 16.7 Å². The minimum Gasteiger partial charge on any atom is -0.383 e. The van der Waals surface area contributed by atoms with Crippen LogP contribution in [-0.2, 0) is 12.1 Å². The minimum atomic E-state index is -4.55. The van der Waals surface area contributed by atoms with Crippen molar-refractivity contribution in [3.05, 3.63) is 87.2 Å². The van der Waals surface area contributed by atoms with Crippen LogP contribution in [0.15, 0.2) is 59.8 Å². The molecule has 1 fully saturated rings. The molecule has 2 aromatic carbocycles. The molecule has 3 aromatic heterocycles. The Morgan fingerprint density at radius 3 is 2.50 bits per heavy atom. The average Bonchev–Trinajstić information content (AvgIpc) is 3.70. The Morgan fingerprint density at radius 1 is 1.10 bits per heavy atom. The van der Waals surface area contributed by atoms with Gasteiger partial charge in [-0.05, 0) is 53.5 Å². The predicted molar refractivity (Wildman–Crippen MR) is 172 cm³/mol. The smallest absolute Gasteiger partial charge is 0.383 e. The molecule has 0 spiro atoms. The molecule has 0 amide bonds. The van der Waals surface area contributed by atoms with E-state index in [1.54, 1.807) is 24.3 Å². The molecule has 1 aliphatic carbocycles. The highest BCUT2D eigenvalue weighted by Gasteiger charge is 2.66. The second-order valence-electron chi connectivity index (χ2n) is 13.1. The zero-order valence-corrected chi connectivity index (χ0v) is 26.8. The molecule has 250 valence electrons. The topological polar surface area (TPSA) is 113 Å². The number of fused-ring (bicyclic) bond motifs is 2. The van der Waals surface area contributed by atoms with Crippen molar-refractivity contribution in [2.24, 2.45) is 5.41 Å². The summed E-state index contributed by atoms with van der Waals surface area (Å²) in [6.45, 7) is 5.81. The number of hydrogen-bond donors (Lipinski definition) is 2. The van der Waals surface area contributed by atoms with Gasteiger partial charge in [-0.1, -0.05) is 49.7 Å². The molecule has 2 N–H and O–H groups in total. The van der Waals surface area contributed by atoms with Crippen molar-refractivity contribution >= 4 is 44.7 Å². The van der Waals surface area contributed by atoms with Gasteiger partial charge in [0.05, 0.1) is 40.6 Å². The third-order valence-corrected chi connectivity index (χ3v) is 8.63. The first-order valence-corrected chi connectivity index (χ1v) is 15.4. The highest BCUT2D eigenvalue weighted by Crippen LogP contribution is 2.55. The number of benzene rings is 2. The van der Waals surface area contributed by atoms with Crippen LogP contribution >= 0.6 is 11.6 Å². The summed E-state index contributed by atoms with van der Waals surface area (Å²) in [5, 5.41) is 25.8. The van der Waals surface area contributed by atoms with Crippen molar-refractivity contribution in [2.45, 2.75) is 64.3 Å². The highest BCUT2D eigenvalue weighted by atomic mass is 35.5. The summed E-state index contributed by atoms with van der Waals surface area (Å²) in [5.41, 5.74) is -0.783. The van der Waals surface area contributed by atoms with Crippen molar-refractivity contribution in [3.8, 4) is 6.07 Å². The Bertz CT molecular complexity index is 2130. The maximum Gasteiger partial charge on any atom is 0.413 e. The molecule has 6 rings (SSSR count). The van der Waals surface area contributed by atoms with Crippen molar-refractivity contribution in [2.75, 3.05) is 17.2 Å². The average molecular weight is 685 g/mol. The maximum absolute atomic E-state index is 14.0. The van der Waals surface area contributed by atoms with Crippen LogP contribution in [0.1, 0.15) is 56.5 Å². The third-order valence-electron chi connectivity index (χ3n) is 8.35. The zero-order valence-electron chi connectivity index (χ0n) is 26.0. The van der Waals surface area contributed by atoms with E-state index in [-0.39, 0.29) is 39.9 Å². The number of halogens is 6. The first-order valence-electron chi connectivity index (χ1n) is 15.0. The molecule has 15 heteroatoms. The minimum absolute atomic E-state index is 0.112. The number of aromatic nitrogens is 5. The van der Waals surface area contributed by atoms with E-state index >= 15 is 0 Å². The number of anilines is 2. The molecule has 3 heterocycles. The van der Waals surface area contributed by atoms with Gasteiger partial charge < -0.3 is 15.2 Å². The van der Waals surface area contributed by atoms with Gasteiger partial charge in [-0.25, -0.2) is 13.5 Å². The van der Waals surface area contributed by atoms with Crippen LogP contribution in [0.3, 0.4) is 0 Å². The van der Waals surface area contributed by atoms with Crippen LogP contribution in [0.2, 0.25) is 5.02 Å². The van der Waals surface area contributed by atoms with E-state index < -0.39 is 36.3 Å². The molecule has 1 atom stereocenters. The van der Waals surface area contributed by atoms with Crippen LogP contribution in [0.4, 0.5) is 33.3 Å². The Labute approximate surface area is 276 Å². The van der Waals surface area contributed by atoms with E-state index in [2.05, 4.69) is 32.0 Å². The van der Waals surface area contributed by atoms with Gasteiger partial charge in [0.2, 0.25) is 0 Å². The Hall–Kier alpha value is -4.77. The fourth-order valence-corrected chi connectivity index (χ4v) is 5.98. The molecule has 0 radical (unpaired) electrons. The largest absolute Gasteiger partial charge is 0.413 e. The molecule has 0 saturated heterocycles. The van der Waals surface area contributed by atoms with Crippen molar-refractivity contribution < 1.29 is 22.0 Å². The van der Waals surface area contributed by atoms with Gasteiger partial charge in [0, 0.05) is 35.4 Å². The first-order chi connectivity index (χ1) is 22.6. The van der Waals surface area contributed by atoms with Gasteiger partial charge in [0.1, 0.15) is 11.8 Å². The molecule has 9 nitrogen and oxygen atoms in total. The molecule has 5 aromatic rings. The Kier molecular flexibility index (Phi) is 8.31. The van der Waals surface area contributed by atoms with Gasteiger partial charge in [-0.2, -0.15) is 18.4 Å². The Balaban J connectivity index is 1.51. The SMILES string of the molecule is CC(C)(C)CNc1c(C#N)cnc2c(Cl)cc(NC(c3cn(C4(C(F)(F)F)CC4)nn3)c3cccc4c(=O)n(CC(F)F)ccc34)cc12. The molecule has 0 bridgehead atoms. The summed E-state index contributed by atoms with van der Waals surface area (Å²) in [7, 11) is 0. The van der Waals surface area contributed by atoms with Gasteiger partial charge >= 0.3 is 6.18 Å². The summed E-state index contributed by atoms with van der Waals surface area (Å²) < 4.78 is 70.2.